The van der Waals surface area contributed by atoms with Gasteiger partial charge in [-0.2, -0.15) is 0 Å². The molecular weight excluding hydrogens is 196 g/mol. The van der Waals surface area contributed by atoms with Crippen LogP contribution in [0.2, 0.25) is 0 Å². The Balaban J connectivity index is 2.83. The maximum Gasteiger partial charge on any atom is 0.296 e. The first kappa shape index (κ1) is 7.60. The highest BCUT2D eigenvalue weighted by atomic mass is 79.9. The van der Waals surface area contributed by atoms with Gasteiger partial charge in [0.05, 0.1) is 12.8 Å². The highest BCUT2D eigenvalue weighted by Crippen LogP contribution is 2.15. The Bertz CT molecular complexity index is 222. The van der Waals surface area contributed by atoms with Gasteiger partial charge in [0, 0.05) is 7.05 Å². The average molecular weight is 205 g/mol. The van der Waals surface area contributed by atoms with Crippen molar-refractivity contribution in [3.63, 3.8) is 0 Å². The number of rotatable bonds is 2. The first-order valence-corrected chi connectivity index (χ1v) is 3.85. The fraction of sp³-hybridized carbons (Fsp3) is 0.500. The molecule has 0 aliphatic heterocycles. The van der Waals surface area contributed by atoms with Crippen molar-refractivity contribution in [1.82, 2.24) is 9.55 Å². The maximum absolute atomic E-state index is 5.18. The van der Waals surface area contributed by atoms with Gasteiger partial charge in [0.15, 0.2) is 0 Å². The third kappa shape index (κ3) is 1.31. The van der Waals surface area contributed by atoms with E-state index in [9.17, 15) is 0 Å². The minimum atomic E-state index is 0.648. The molecule has 0 bridgehead atoms. The van der Waals surface area contributed by atoms with Crippen molar-refractivity contribution in [3.05, 3.63) is 10.8 Å². The summed E-state index contributed by atoms with van der Waals surface area (Å²) in [6.07, 6.45) is 1.71. The number of ether oxygens (including phenoxy) is 1. The largest absolute Gasteiger partial charge is 0.465 e. The van der Waals surface area contributed by atoms with Gasteiger partial charge in [-0.05, 0) is 22.9 Å². The Morgan fingerprint density at radius 1 is 1.80 bits per heavy atom. The molecule has 0 aliphatic carbocycles. The summed E-state index contributed by atoms with van der Waals surface area (Å²) < 4.78 is 7.94. The third-order valence-electron chi connectivity index (χ3n) is 1.16. The number of hydrogen-bond donors (Lipinski definition) is 0. The molecule has 0 fully saturated rings. The van der Waals surface area contributed by atoms with E-state index in [4.69, 9.17) is 4.74 Å². The van der Waals surface area contributed by atoms with E-state index < -0.39 is 0 Å². The standard InChI is InChI=1S/C6H9BrN2O/c1-3-10-6-8-4-5(7)9(6)2/h4H,3H2,1-2H3. The SMILES string of the molecule is CCOc1ncc(Br)n1C. The number of hydrogen-bond acceptors (Lipinski definition) is 2. The summed E-state index contributed by atoms with van der Waals surface area (Å²) in [7, 11) is 1.89. The topological polar surface area (TPSA) is 27.1 Å². The van der Waals surface area contributed by atoms with E-state index in [-0.39, 0.29) is 0 Å². The molecule has 3 nitrogen and oxygen atoms in total. The van der Waals surface area contributed by atoms with Crippen molar-refractivity contribution >= 4 is 15.9 Å². The summed E-state index contributed by atoms with van der Waals surface area (Å²) in [6, 6.07) is 0.648. The van der Waals surface area contributed by atoms with Gasteiger partial charge in [0.1, 0.15) is 4.60 Å². The van der Waals surface area contributed by atoms with Crippen LogP contribution in [0, 0.1) is 0 Å². The zero-order chi connectivity index (χ0) is 7.56. The first-order chi connectivity index (χ1) is 4.75. The summed E-state index contributed by atoms with van der Waals surface area (Å²) in [6.45, 7) is 2.58. The molecule has 10 heavy (non-hydrogen) atoms. The molecule has 1 rings (SSSR count). The van der Waals surface area contributed by atoms with Crippen LogP contribution in [0.1, 0.15) is 6.92 Å². The molecule has 0 saturated carbocycles. The van der Waals surface area contributed by atoms with Crippen LogP contribution >= 0.6 is 15.9 Å². The van der Waals surface area contributed by atoms with E-state index >= 15 is 0 Å². The quantitative estimate of drug-likeness (QED) is 0.732. The Kier molecular flexibility index (Phi) is 2.32. The summed E-state index contributed by atoms with van der Waals surface area (Å²) in [4.78, 5) is 4.00. The van der Waals surface area contributed by atoms with Crippen molar-refractivity contribution in [2.75, 3.05) is 6.61 Å². The average Bonchev–Trinajstić information content (AvgIpc) is 2.20. The van der Waals surface area contributed by atoms with E-state index in [0.717, 1.165) is 4.60 Å². The van der Waals surface area contributed by atoms with E-state index in [0.29, 0.717) is 12.6 Å². The second-order valence-electron chi connectivity index (χ2n) is 1.86. The van der Waals surface area contributed by atoms with Gasteiger partial charge in [0.2, 0.25) is 0 Å². The maximum atomic E-state index is 5.18. The molecule has 0 amide bonds. The van der Waals surface area contributed by atoms with E-state index in [1.165, 1.54) is 0 Å². The summed E-state index contributed by atoms with van der Waals surface area (Å²) in [5.74, 6) is 0. The zero-order valence-electron chi connectivity index (χ0n) is 5.97. The fourth-order valence-corrected chi connectivity index (χ4v) is 0.890. The fourth-order valence-electron chi connectivity index (χ4n) is 0.636. The Morgan fingerprint density at radius 2 is 2.50 bits per heavy atom. The van der Waals surface area contributed by atoms with Crippen LogP contribution in [0.5, 0.6) is 6.01 Å². The lowest BCUT2D eigenvalue weighted by atomic mass is 10.8. The van der Waals surface area contributed by atoms with Gasteiger partial charge in [-0.15, -0.1) is 0 Å². The highest BCUT2D eigenvalue weighted by molar-refractivity contribution is 9.10. The molecule has 0 N–H and O–H groups in total. The van der Waals surface area contributed by atoms with Gasteiger partial charge in [-0.3, -0.25) is 4.57 Å². The molecule has 0 spiro atoms. The van der Waals surface area contributed by atoms with Crippen LogP contribution < -0.4 is 4.74 Å². The molecule has 1 aromatic heterocycles. The minimum Gasteiger partial charge on any atom is -0.465 e. The van der Waals surface area contributed by atoms with Gasteiger partial charge >= 0.3 is 0 Å². The van der Waals surface area contributed by atoms with Crippen LogP contribution in [0.4, 0.5) is 0 Å². The molecule has 0 aliphatic rings. The summed E-state index contributed by atoms with van der Waals surface area (Å²) in [5, 5.41) is 0. The van der Waals surface area contributed by atoms with Gasteiger partial charge in [-0.1, -0.05) is 0 Å². The van der Waals surface area contributed by atoms with Gasteiger partial charge in [0.25, 0.3) is 6.01 Å². The highest BCUT2D eigenvalue weighted by Gasteiger charge is 2.02. The Hall–Kier alpha value is -0.510. The Labute approximate surface area is 68.1 Å². The second kappa shape index (κ2) is 3.05. The van der Waals surface area contributed by atoms with Crippen molar-refractivity contribution in [2.24, 2.45) is 7.05 Å². The molecule has 1 heterocycles. The van der Waals surface area contributed by atoms with Crippen LogP contribution in [0.15, 0.2) is 10.8 Å². The van der Waals surface area contributed by atoms with Crippen LogP contribution in [-0.2, 0) is 7.05 Å². The van der Waals surface area contributed by atoms with Crippen LogP contribution in [0.25, 0.3) is 0 Å². The van der Waals surface area contributed by atoms with Crippen LogP contribution in [-0.4, -0.2) is 16.2 Å². The van der Waals surface area contributed by atoms with Crippen LogP contribution in [0.3, 0.4) is 0 Å². The van der Waals surface area contributed by atoms with Crippen molar-refractivity contribution in [3.8, 4) is 6.01 Å². The molecule has 1 aromatic rings. The molecule has 56 valence electrons. The lowest BCUT2D eigenvalue weighted by Gasteiger charge is -2.00. The monoisotopic (exact) mass is 204 g/mol. The zero-order valence-corrected chi connectivity index (χ0v) is 7.55. The predicted molar refractivity (Wildman–Crippen MR) is 42.1 cm³/mol. The smallest absolute Gasteiger partial charge is 0.296 e. The summed E-state index contributed by atoms with van der Waals surface area (Å²) in [5.41, 5.74) is 0. The predicted octanol–water partition coefficient (Wildman–Crippen LogP) is 1.58. The van der Waals surface area contributed by atoms with Crippen molar-refractivity contribution < 1.29 is 4.74 Å². The lowest BCUT2D eigenvalue weighted by molar-refractivity contribution is 0.301. The van der Waals surface area contributed by atoms with Crippen molar-refractivity contribution in [2.45, 2.75) is 6.92 Å². The number of aromatic nitrogens is 2. The van der Waals surface area contributed by atoms with Crippen molar-refractivity contribution in [1.29, 1.82) is 0 Å². The molecule has 0 unspecified atom stereocenters. The second-order valence-corrected chi connectivity index (χ2v) is 2.67. The van der Waals surface area contributed by atoms with Gasteiger partial charge in [-0.25, -0.2) is 4.98 Å². The van der Waals surface area contributed by atoms with E-state index in [1.807, 2.05) is 18.5 Å². The first-order valence-electron chi connectivity index (χ1n) is 3.05. The number of nitrogens with zero attached hydrogens (tertiary/aromatic N) is 2. The van der Waals surface area contributed by atoms with E-state index in [2.05, 4.69) is 20.9 Å². The molecule has 0 atom stereocenters. The minimum absolute atomic E-state index is 0.648. The molecule has 0 aromatic carbocycles. The van der Waals surface area contributed by atoms with E-state index in [1.54, 1.807) is 6.20 Å². The summed E-state index contributed by atoms with van der Waals surface area (Å²) >= 11 is 3.31. The number of halogens is 1. The third-order valence-corrected chi connectivity index (χ3v) is 1.90. The molecular formula is C6H9BrN2O. The molecule has 4 heteroatoms. The number of imidazole rings is 1. The van der Waals surface area contributed by atoms with Gasteiger partial charge < -0.3 is 4.74 Å². The molecule has 0 radical (unpaired) electrons. The normalized spacial score (nSPS) is 9.90. The Morgan fingerprint density at radius 3 is 2.90 bits per heavy atom. The lowest BCUT2D eigenvalue weighted by Crippen LogP contribution is -1.98. The molecule has 0 saturated heterocycles.